The third kappa shape index (κ3) is 2.38. The highest BCUT2D eigenvalue weighted by atomic mass is 35.5. The average Bonchev–Trinajstić information content (AvgIpc) is 3.02. The van der Waals surface area contributed by atoms with Crippen molar-refractivity contribution in [1.29, 1.82) is 0 Å². The molecule has 4 heteroatoms. The molecule has 0 atom stereocenters. The Morgan fingerprint density at radius 1 is 1.00 bits per heavy atom. The van der Waals surface area contributed by atoms with Crippen LogP contribution in [0.5, 0.6) is 0 Å². The van der Waals surface area contributed by atoms with Crippen LogP contribution in [-0.4, -0.2) is 0 Å². The molecular weight excluding hydrogens is 336 g/mol. The maximum Gasteiger partial charge on any atom is 0.339 e. The predicted octanol–water partition coefficient (Wildman–Crippen LogP) is 6.04. The van der Waals surface area contributed by atoms with Crippen LogP contribution in [0.25, 0.3) is 33.1 Å². The summed E-state index contributed by atoms with van der Waals surface area (Å²) in [6, 6.07) is 9.73. The molecule has 3 nitrogen and oxygen atoms in total. The predicted molar refractivity (Wildman–Crippen MR) is 102 cm³/mol. The SMILES string of the molecule is CCc1c(C)c2cc3c(-c4ccc(Cl)cc4)coc3c(C)c2oc1=O. The summed E-state index contributed by atoms with van der Waals surface area (Å²) in [4.78, 5) is 12.2. The van der Waals surface area contributed by atoms with Gasteiger partial charge in [0, 0.05) is 32.5 Å². The number of hydrogen-bond donors (Lipinski definition) is 0. The van der Waals surface area contributed by atoms with Crippen LogP contribution < -0.4 is 5.63 Å². The van der Waals surface area contributed by atoms with Crippen molar-refractivity contribution in [1.82, 2.24) is 0 Å². The molecule has 0 unspecified atom stereocenters. The van der Waals surface area contributed by atoms with Crippen LogP contribution >= 0.6 is 11.6 Å². The maximum absolute atomic E-state index is 12.2. The van der Waals surface area contributed by atoms with E-state index in [0.29, 0.717) is 17.0 Å². The second-order valence-electron chi connectivity index (χ2n) is 6.26. The molecular formula is C21H17ClO3. The van der Waals surface area contributed by atoms with Crippen molar-refractivity contribution in [2.45, 2.75) is 27.2 Å². The van der Waals surface area contributed by atoms with E-state index in [0.717, 1.165) is 44.2 Å². The first kappa shape index (κ1) is 16.0. The van der Waals surface area contributed by atoms with Gasteiger partial charge in [-0.25, -0.2) is 4.79 Å². The number of hydrogen-bond acceptors (Lipinski definition) is 3. The highest BCUT2D eigenvalue weighted by Gasteiger charge is 2.18. The van der Waals surface area contributed by atoms with Crippen molar-refractivity contribution in [2.24, 2.45) is 0 Å². The van der Waals surface area contributed by atoms with Gasteiger partial charge >= 0.3 is 5.63 Å². The van der Waals surface area contributed by atoms with Gasteiger partial charge in [-0.3, -0.25) is 0 Å². The summed E-state index contributed by atoms with van der Waals surface area (Å²) in [5.41, 5.74) is 5.65. The largest absolute Gasteiger partial charge is 0.463 e. The Kier molecular flexibility index (Phi) is 3.69. The van der Waals surface area contributed by atoms with Crippen LogP contribution in [0.2, 0.25) is 5.02 Å². The Hall–Kier alpha value is -2.52. The minimum Gasteiger partial charge on any atom is -0.463 e. The fourth-order valence-electron chi connectivity index (χ4n) is 3.46. The van der Waals surface area contributed by atoms with Crippen molar-refractivity contribution in [3.63, 3.8) is 0 Å². The van der Waals surface area contributed by atoms with Gasteiger partial charge in [-0.2, -0.15) is 0 Å². The number of benzene rings is 2. The normalized spacial score (nSPS) is 11.5. The van der Waals surface area contributed by atoms with Crippen LogP contribution in [0, 0.1) is 13.8 Å². The molecule has 0 radical (unpaired) electrons. The van der Waals surface area contributed by atoms with E-state index in [1.54, 1.807) is 6.26 Å². The van der Waals surface area contributed by atoms with Gasteiger partial charge in [0.2, 0.25) is 0 Å². The van der Waals surface area contributed by atoms with E-state index < -0.39 is 0 Å². The molecule has 4 rings (SSSR count). The van der Waals surface area contributed by atoms with Crippen LogP contribution in [-0.2, 0) is 6.42 Å². The minimum absolute atomic E-state index is 0.264. The molecule has 0 fully saturated rings. The van der Waals surface area contributed by atoms with Crippen molar-refractivity contribution in [3.05, 3.63) is 68.7 Å². The molecule has 0 saturated carbocycles. The van der Waals surface area contributed by atoms with Gasteiger partial charge in [-0.1, -0.05) is 30.7 Å². The standard InChI is InChI=1S/C21H17ClO3/c1-4-15-11(2)16-9-17-18(13-5-7-14(22)8-6-13)10-24-19(17)12(3)20(16)25-21(15)23/h5-10H,4H2,1-3H3. The molecule has 126 valence electrons. The number of halogens is 1. The zero-order valence-electron chi connectivity index (χ0n) is 14.3. The molecule has 25 heavy (non-hydrogen) atoms. The van der Waals surface area contributed by atoms with Crippen LogP contribution in [0.15, 0.2) is 50.2 Å². The molecule has 0 bridgehead atoms. The van der Waals surface area contributed by atoms with Gasteiger partial charge in [-0.15, -0.1) is 0 Å². The van der Waals surface area contributed by atoms with E-state index in [-0.39, 0.29) is 5.63 Å². The highest BCUT2D eigenvalue weighted by Crippen LogP contribution is 2.37. The Balaban J connectivity index is 2.10. The molecule has 0 aliphatic carbocycles. The van der Waals surface area contributed by atoms with Crippen molar-refractivity contribution >= 4 is 33.5 Å². The van der Waals surface area contributed by atoms with E-state index in [9.17, 15) is 4.79 Å². The molecule has 0 aliphatic heterocycles. The number of rotatable bonds is 2. The maximum atomic E-state index is 12.2. The smallest absolute Gasteiger partial charge is 0.339 e. The molecule has 2 aromatic heterocycles. The minimum atomic E-state index is -0.264. The molecule has 0 spiro atoms. The van der Waals surface area contributed by atoms with Crippen LogP contribution in [0.3, 0.4) is 0 Å². The lowest BCUT2D eigenvalue weighted by molar-refractivity contribution is 0.546. The molecule has 0 aliphatic rings. The van der Waals surface area contributed by atoms with E-state index in [4.69, 9.17) is 20.4 Å². The summed E-state index contributed by atoms with van der Waals surface area (Å²) in [6.07, 6.45) is 2.39. The van der Waals surface area contributed by atoms with Gasteiger partial charge in [-0.05, 0) is 49.6 Å². The van der Waals surface area contributed by atoms with Gasteiger partial charge in [0.1, 0.15) is 11.2 Å². The number of furan rings is 1. The second-order valence-corrected chi connectivity index (χ2v) is 6.69. The number of aryl methyl sites for hydroxylation is 2. The Bertz CT molecular complexity index is 1160. The average molecular weight is 353 g/mol. The summed E-state index contributed by atoms with van der Waals surface area (Å²) in [7, 11) is 0. The Morgan fingerprint density at radius 3 is 2.40 bits per heavy atom. The van der Waals surface area contributed by atoms with Crippen molar-refractivity contribution in [3.8, 4) is 11.1 Å². The third-order valence-electron chi connectivity index (χ3n) is 4.85. The van der Waals surface area contributed by atoms with Gasteiger partial charge in [0.15, 0.2) is 0 Å². The van der Waals surface area contributed by atoms with Gasteiger partial charge in [0.25, 0.3) is 0 Å². The molecule has 4 aromatic rings. The second kappa shape index (κ2) is 5.78. The summed E-state index contributed by atoms with van der Waals surface area (Å²) < 4.78 is 11.4. The third-order valence-corrected chi connectivity index (χ3v) is 5.10. The monoisotopic (exact) mass is 352 g/mol. The Labute approximate surface area is 149 Å². The summed E-state index contributed by atoms with van der Waals surface area (Å²) in [5.74, 6) is 0. The van der Waals surface area contributed by atoms with Gasteiger partial charge in [0.05, 0.1) is 6.26 Å². The van der Waals surface area contributed by atoms with E-state index in [1.807, 2.05) is 45.0 Å². The fourth-order valence-corrected chi connectivity index (χ4v) is 3.58. The molecule has 2 aromatic carbocycles. The van der Waals surface area contributed by atoms with Gasteiger partial charge < -0.3 is 8.83 Å². The fraction of sp³-hybridized carbons (Fsp3) is 0.190. The zero-order valence-corrected chi connectivity index (χ0v) is 15.0. The summed E-state index contributed by atoms with van der Waals surface area (Å²) >= 11 is 6.00. The first-order valence-electron chi connectivity index (χ1n) is 8.24. The quantitative estimate of drug-likeness (QED) is 0.413. The molecule has 0 amide bonds. The Morgan fingerprint density at radius 2 is 1.72 bits per heavy atom. The first-order chi connectivity index (χ1) is 12.0. The van der Waals surface area contributed by atoms with E-state index >= 15 is 0 Å². The van der Waals surface area contributed by atoms with Crippen LogP contribution in [0.4, 0.5) is 0 Å². The molecule has 0 N–H and O–H groups in total. The highest BCUT2D eigenvalue weighted by molar-refractivity contribution is 6.30. The topological polar surface area (TPSA) is 43.4 Å². The molecule has 2 heterocycles. The lowest BCUT2D eigenvalue weighted by Crippen LogP contribution is -2.09. The summed E-state index contributed by atoms with van der Waals surface area (Å²) in [6.45, 7) is 5.87. The number of fused-ring (bicyclic) bond motifs is 2. The zero-order chi connectivity index (χ0) is 17.7. The molecule has 0 saturated heterocycles. The van der Waals surface area contributed by atoms with E-state index in [2.05, 4.69) is 6.07 Å². The van der Waals surface area contributed by atoms with Crippen molar-refractivity contribution < 1.29 is 8.83 Å². The lowest BCUT2D eigenvalue weighted by Gasteiger charge is -2.09. The first-order valence-corrected chi connectivity index (χ1v) is 8.62. The van der Waals surface area contributed by atoms with Crippen LogP contribution in [0.1, 0.15) is 23.6 Å². The van der Waals surface area contributed by atoms with Crippen molar-refractivity contribution in [2.75, 3.05) is 0 Å². The van der Waals surface area contributed by atoms with E-state index in [1.165, 1.54) is 0 Å². The summed E-state index contributed by atoms with van der Waals surface area (Å²) in [5, 5.41) is 2.66. The lowest BCUT2D eigenvalue weighted by atomic mass is 9.97.